The topological polar surface area (TPSA) is 89.8 Å². The van der Waals surface area contributed by atoms with Crippen molar-refractivity contribution in [2.45, 2.75) is 11.4 Å². The second-order valence-corrected chi connectivity index (χ2v) is 7.43. The molecule has 2 rings (SSSR count). The maximum atomic E-state index is 12.7. The molecular weight excluding hydrogens is 356 g/mol. The van der Waals surface area contributed by atoms with Crippen molar-refractivity contribution in [1.82, 2.24) is 4.31 Å². The second kappa shape index (κ2) is 7.16. The number of nitrogens with zero attached hydrogens (tertiary/aromatic N) is 2. The monoisotopic (exact) mass is 370 g/mol. The van der Waals surface area contributed by atoms with E-state index in [-0.39, 0.29) is 17.2 Å². The number of benzene rings is 2. The summed E-state index contributed by atoms with van der Waals surface area (Å²) in [6, 6.07) is 10.3. The summed E-state index contributed by atoms with van der Waals surface area (Å²) in [5, 5.41) is 11.7. The first kappa shape index (κ1) is 18.2. The maximum Gasteiger partial charge on any atom is 0.293 e. The van der Waals surface area contributed by atoms with Crippen LogP contribution in [0.25, 0.3) is 0 Å². The highest BCUT2D eigenvalue weighted by molar-refractivity contribution is 7.89. The third kappa shape index (κ3) is 3.84. The van der Waals surface area contributed by atoms with Crippen molar-refractivity contribution in [1.29, 1.82) is 0 Å². The van der Waals surface area contributed by atoms with Gasteiger partial charge in [0.2, 0.25) is 10.0 Å². The lowest BCUT2D eigenvalue weighted by atomic mass is 10.2. The van der Waals surface area contributed by atoms with Gasteiger partial charge in [0.1, 0.15) is 5.75 Å². The highest BCUT2D eigenvalue weighted by Crippen LogP contribution is 2.30. The first-order valence-corrected chi connectivity index (χ1v) is 8.60. The van der Waals surface area contributed by atoms with Crippen molar-refractivity contribution in [3.8, 4) is 5.75 Å². The van der Waals surface area contributed by atoms with Gasteiger partial charge >= 0.3 is 0 Å². The molecule has 0 unspecified atom stereocenters. The van der Waals surface area contributed by atoms with Crippen LogP contribution in [0, 0.1) is 10.1 Å². The van der Waals surface area contributed by atoms with Crippen LogP contribution < -0.4 is 4.74 Å². The van der Waals surface area contributed by atoms with Crippen molar-refractivity contribution < 1.29 is 18.1 Å². The Labute approximate surface area is 144 Å². The zero-order valence-electron chi connectivity index (χ0n) is 13.0. The van der Waals surface area contributed by atoms with Crippen molar-refractivity contribution in [2.24, 2.45) is 0 Å². The number of rotatable bonds is 6. The minimum Gasteiger partial charge on any atom is -0.497 e. The van der Waals surface area contributed by atoms with Gasteiger partial charge in [0.05, 0.1) is 18.1 Å². The standard InChI is InChI=1S/C15H15ClN2O5S/c1-17(10-11-3-5-12(16)6-4-11)24(21,22)15-8-7-13(23-2)9-14(15)18(19)20/h3-9H,10H2,1-2H3. The minimum atomic E-state index is -4.04. The number of halogens is 1. The summed E-state index contributed by atoms with van der Waals surface area (Å²) in [5.41, 5.74) is 0.180. The number of ether oxygens (including phenoxy) is 1. The molecule has 9 heteroatoms. The SMILES string of the molecule is COc1ccc(S(=O)(=O)N(C)Cc2ccc(Cl)cc2)c([N+](=O)[O-])c1. The molecule has 0 amide bonds. The Balaban J connectivity index is 2.38. The van der Waals surface area contributed by atoms with E-state index in [0.717, 1.165) is 10.4 Å². The van der Waals surface area contributed by atoms with E-state index in [1.165, 1.54) is 26.3 Å². The van der Waals surface area contributed by atoms with E-state index in [2.05, 4.69) is 0 Å². The molecule has 0 aliphatic carbocycles. The van der Waals surface area contributed by atoms with Gasteiger partial charge in [0.15, 0.2) is 4.90 Å². The van der Waals surface area contributed by atoms with Crippen LogP contribution in [0.2, 0.25) is 5.02 Å². The van der Waals surface area contributed by atoms with Crippen molar-refractivity contribution >= 4 is 27.3 Å². The smallest absolute Gasteiger partial charge is 0.293 e. The quantitative estimate of drug-likeness (QED) is 0.575. The zero-order chi connectivity index (χ0) is 17.9. The van der Waals surface area contributed by atoms with Crippen LogP contribution in [0.4, 0.5) is 5.69 Å². The van der Waals surface area contributed by atoms with E-state index >= 15 is 0 Å². The summed E-state index contributed by atoms with van der Waals surface area (Å²) in [5.74, 6) is 0.209. The average Bonchev–Trinajstić information content (AvgIpc) is 2.56. The molecule has 128 valence electrons. The summed E-state index contributed by atoms with van der Waals surface area (Å²) in [6.45, 7) is 0.0582. The molecule has 7 nitrogen and oxygen atoms in total. The van der Waals surface area contributed by atoms with Crippen LogP contribution in [0.15, 0.2) is 47.4 Å². The molecule has 0 aliphatic heterocycles. The molecule has 0 heterocycles. The predicted molar refractivity (Wildman–Crippen MR) is 89.8 cm³/mol. The fourth-order valence-electron chi connectivity index (χ4n) is 2.08. The molecular formula is C15H15ClN2O5S. The Hall–Kier alpha value is -2.16. The van der Waals surface area contributed by atoms with Crippen molar-refractivity contribution in [3.63, 3.8) is 0 Å². The van der Waals surface area contributed by atoms with Crippen LogP contribution in [0.3, 0.4) is 0 Å². The largest absolute Gasteiger partial charge is 0.497 e. The summed E-state index contributed by atoms with van der Waals surface area (Å²) in [7, 11) is -1.34. The van der Waals surface area contributed by atoms with E-state index in [0.29, 0.717) is 10.6 Å². The molecule has 2 aromatic rings. The van der Waals surface area contributed by atoms with Gasteiger partial charge in [-0.05, 0) is 29.8 Å². The number of methoxy groups -OCH3 is 1. The van der Waals surface area contributed by atoms with Crippen molar-refractivity contribution in [2.75, 3.05) is 14.2 Å². The molecule has 0 saturated heterocycles. The van der Waals surface area contributed by atoms with Crippen LogP contribution >= 0.6 is 11.6 Å². The highest BCUT2D eigenvalue weighted by atomic mass is 35.5. The molecule has 0 aromatic heterocycles. The van der Waals surface area contributed by atoms with Gasteiger partial charge in [-0.1, -0.05) is 23.7 Å². The van der Waals surface area contributed by atoms with Crippen LogP contribution in [0.5, 0.6) is 5.75 Å². The van der Waals surface area contributed by atoms with Crippen LogP contribution in [-0.4, -0.2) is 31.8 Å². The molecule has 2 aromatic carbocycles. The van der Waals surface area contributed by atoms with Gasteiger partial charge in [-0.15, -0.1) is 0 Å². The van der Waals surface area contributed by atoms with Gasteiger partial charge in [-0.3, -0.25) is 10.1 Å². The van der Waals surface area contributed by atoms with Gasteiger partial charge < -0.3 is 4.74 Å². The third-order valence-electron chi connectivity index (χ3n) is 3.37. The summed E-state index contributed by atoms with van der Waals surface area (Å²) >= 11 is 5.80. The molecule has 0 fully saturated rings. The molecule has 0 aliphatic rings. The molecule has 0 N–H and O–H groups in total. The Morgan fingerprint density at radius 3 is 2.38 bits per heavy atom. The molecule has 0 bridgehead atoms. The number of nitro groups is 1. The highest BCUT2D eigenvalue weighted by Gasteiger charge is 2.30. The Kier molecular flexibility index (Phi) is 5.43. The van der Waals surface area contributed by atoms with Crippen LogP contribution in [0.1, 0.15) is 5.56 Å². The first-order chi connectivity index (χ1) is 11.3. The Bertz CT molecular complexity index is 853. The van der Waals surface area contributed by atoms with Gasteiger partial charge in [0, 0.05) is 18.6 Å². The molecule has 0 spiro atoms. The number of nitro benzene ring substituents is 1. The van der Waals surface area contributed by atoms with E-state index < -0.39 is 20.6 Å². The van der Waals surface area contributed by atoms with Gasteiger partial charge in [-0.2, -0.15) is 4.31 Å². The van der Waals surface area contributed by atoms with E-state index in [1.54, 1.807) is 24.3 Å². The van der Waals surface area contributed by atoms with E-state index in [4.69, 9.17) is 16.3 Å². The normalized spacial score (nSPS) is 11.5. The number of hydrogen-bond acceptors (Lipinski definition) is 5. The van der Waals surface area contributed by atoms with Crippen LogP contribution in [-0.2, 0) is 16.6 Å². The molecule has 0 radical (unpaired) electrons. The van der Waals surface area contributed by atoms with E-state index in [9.17, 15) is 18.5 Å². The van der Waals surface area contributed by atoms with E-state index in [1.807, 2.05) is 0 Å². The molecule has 24 heavy (non-hydrogen) atoms. The Morgan fingerprint density at radius 2 is 1.83 bits per heavy atom. The second-order valence-electron chi connectivity index (χ2n) is 4.98. The summed E-state index contributed by atoms with van der Waals surface area (Å²) in [4.78, 5) is 10.1. The summed E-state index contributed by atoms with van der Waals surface area (Å²) < 4.78 is 31.3. The lowest BCUT2D eigenvalue weighted by Crippen LogP contribution is -2.27. The lowest BCUT2D eigenvalue weighted by molar-refractivity contribution is -0.387. The number of hydrogen-bond donors (Lipinski definition) is 0. The predicted octanol–water partition coefficient (Wildman–Crippen LogP) is 3.08. The average molecular weight is 371 g/mol. The summed E-state index contributed by atoms with van der Waals surface area (Å²) in [6.07, 6.45) is 0. The first-order valence-electron chi connectivity index (χ1n) is 6.79. The number of sulfonamides is 1. The minimum absolute atomic E-state index is 0.0582. The molecule has 0 atom stereocenters. The third-order valence-corrected chi connectivity index (χ3v) is 5.47. The fraction of sp³-hybridized carbons (Fsp3) is 0.200. The zero-order valence-corrected chi connectivity index (χ0v) is 14.5. The lowest BCUT2D eigenvalue weighted by Gasteiger charge is -2.17. The maximum absolute atomic E-state index is 12.7. The van der Waals surface area contributed by atoms with Crippen molar-refractivity contribution in [3.05, 3.63) is 63.2 Å². The Morgan fingerprint density at radius 1 is 1.21 bits per heavy atom. The van der Waals surface area contributed by atoms with Gasteiger partial charge in [-0.25, -0.2) is 8.42 Å². The van der Waals surface area contributed by atoms with Gasteiger partial charge in [0.25, 0.3) is 5.69 Å². The fourth-order valence-corrected chi connectivity index (χ4v) is 3.50. The molecule has 0 saturated carbocycles.